The third-order valence-corrected chi connectivity index (χ3v) is 5.55. The number of Topliss-reactive ketones (excluding diaryl/α,β-unsaturated/α-hetero) is 1. The number of quaternary nitrogens is 1. The van der Waals surface area contributed by atoms with Gasteiger partial charge in [-0.1, -0.05) is 25.1 Å². The number of amides is 1. The van der Waals surface area contributed by atoms with Crippen LogP contribution in [-0.2, 0) is 11.3 Å². The van der Waals surface area contributed by atoms with E-state index in [0.717, 1.165) is 22.7 Å². The number of benzene rings is 1. The van der Waals surface area contributed by atoms with Gasteiger partial charge in [0.15, 0.2) is 18.4 Å². The lowest BCUT2D eigenvalue weighted by molar-refractivity contribution is -0.928. The second-order valence-electron chi connectivity index (χ2n) is 6.91. The monoisotopic (exact) mass is 413 g/mol. The van der Waals surface area contributed by atoms with Crippen molar-refractivity contribution in [2.24, 2.45) is 0 Å². The van der Waals surface area contributed by atoms with Gasteiger partial charge in [-0.3, -0.25) is 9.59 Å². The number of carbonyl (C=O) groups is 2. The number of aromatic nitrogens is 2. The fraction of sp³-hybridized carbons (Fsp3) is 0.333. The topological polar surface area (TPSA) is 89.5 Å². The van der Waals surface area contributed by atoms with Gasteiger partial charge < -0.3 is 14.6 Å². The lowest BCUT2D eigenvalue weighted by atomic mass is 10.1. The van der Waals surface area contributed by atoms with Gasteiger partial charge in [-0.15, -0.1) is 21.5 Å². The molecule has 29 heavy (non-hydrogen) atoms. The molecule has 152 valence electrons. The summed E-state index contributed by atoms with van der Waals surface area (Å²) in [6.45, 7) is 6.72. The number of rotatable bonds is 9. The van der Waals surface area contributed by atoms with E-state index < -0.39 is 0 Å². The minimum atomic E-state index is -0.326. The van der Waals surface area contributed by atoms with Gasteiger partial charge in [0.05, 0.1) is 11.4 Å². The molecular formula is C21H25N4O3S+. The third-order valence-electron chi connectivity index (χ3n) is 4.69. The molecule has 0 saturated carbocycles. The highest BCUT2D eigenvalue weighted by molar-refractivity contribution is 7.13. The molecule has 0 aliphatic carbocycles. The van der Waals surface area contributed by atoms with Gasteiger partial charge in [0.1, 0.15) is 0 Å². The summed E-state index contributed by atoms with van der Waals surface area (Å²) in [6, 6.07) is 10.5. The quantitative estimate of drug-likeness (QED) is 0.527. The van der Waals surface area contributed by atoms with Crippen molar-refractivity contribution in [3.05, 3.63) is 53.2 Å². The predicted octanol–water partition coefficient (Wildman–Crippen LogP) is 2.82. The van der Waals surface area contributed by atoms with Crippen LogP contribution in [0.25, 0.3) is 10.8 Å². The number of hydrogen-bond acceptors (Lipinski definition) is 6. The van der Waals surface area contributed by atoms with Crippen LogP contribution in [0.4, 0.5) is 5.69 Å². The standard InChI is InChI=1S/C21H24N4O3S/c1-4-10-25(13-19-23-24-21(28-19)18-9-6-11-29-18)14(2)20(27)22-17-8-5-7-16(12-17)15(3)26/h5-9,11-12,14H,4,10,13H2,1-3H3,(H,22,27)/p+1/t14-/m1/s1. The highest BCUT2D eigenvalue weighted by Crippen LogP contribution is 2.22. The molecule has 3 rings (SSSR count). The van der Waals surface area contributed by atoms with E-state index in [1.54, 1.807) is 35.6 Å². The molecule has 0 fully saturated rings. The maximum atomic E-state index is 12.8. The molecule has 2 N–H and O–H groups in total. The summed E-state index contributed by atoms with van der Waals surface area (Å²) in [5.74, 6) is 0.858. The second-order valence-corrected chi connectivity index (χ2v) is 7.86. The molecule has 0 radical (unpaired) electrons. The van der Waals surface area contributed by atoms with E-state index in [9.17, 15) is 9.59 Å². The zero-order valence-corrected chi connectivity index (χ0v) is 17.6. The number of thiophene rings is 1. The van der Waals surface area contributed by atoms with E-state index in [0.29, 0.717) is 29.6 Å². The fourth-order valence-electron chi connectivity index (χ4n) is 3.05. The average Bonchev–Trinajstić information content (AvgIpc) is 3.39. The van der Waals surface area contributed by atoms with Crippen molar-refractivity contribution in [1.82, 2.24) is 10.2 Å². The fourth-order valence-corrected chi connectivity index (χ4v) is 3.69. The Morgan fingerprint density at radius 1 is 1.24 bits per heavy atom. The van der Waals surface area contributed by atoms with Crippen molar-refractivity contribution in [1.29, 1.82) is 0 Å². The van der Waals surface area contributed by atoms with Crippen LogP contribution in [0.15, 0.2) is 46.2 Å². The van der Waals surface area contributed by atoms with Crippen molar-refractivity contribution in [2.75, 3.05) is 11.9 Å². The Hall–Kier alpha value is -2.84. The zero-order chi connectivity index (χ0) is 20.8. The molecule has 2 aromatic heterocycles. The number of ketones is 1. The van der Waals surface area contributed by atoms with Crippen LogP contribution in [-0.4, -0.2) is 34.5 Å². The minimum Gasteiger partial charge on any atom is -0.414 e. The number of nitrogens with zero attached hydrogens (tertiary/aromatic N) is 2. The Labute approximate surface area is 173 Å². The number of nitrogens with one attached hydrogen (secondary N) is 2. The van der Waals surface area contributed by atoms with E-state index in [4.69, 9.17) is 4.42 Å². The Bertz CT molecular complexity index is 968. The molecule has 3 aromatic rings. The van der Waals surface area contributed by atoms with Gasteiger partial charge >= 0.3 is 0 Å². The Balaban J connectivity index is 1.68. The Morgan fingerprint density at radius 2 is 2.07 bits per heavy atom. The van der Waals surface area contributed by atoms with Crippen molar-refractivity contribution < 1.29 is 18.9 Å². The molecule has 1 aromatic carbocycles. The van der Waals surface area contributed by atoms with Gasteiger partial charge in [-0.05, 0) is 43.8 Å². The van der Waals surface area contributed by atoms with Crippen LogP contribution >= 0.6 is 11.3 Å². The Kier molecular flexibility index (Phi) is 6.90. The second kappa shape index (κ2) is 9.58. The van der Waals surface area contributed by atoms with Gasteiger partial charge in [-0.25, -0.2) is 0 Å². The van der Waals surface area contributed by atoms with Crippen LogP contribution in [0.3, 0.4) is 0 Å². The highest BCUT2D eigenvalue weighted by atomic mass is 32.1. The number of carbonyl (C=O) groups excluding carboxylic acids is 2. The zero-order valence-electron chi connectivity index (χ0n) is 16.8. The molecular weight excluding hydrogens is 388 g/mol. The average molecular weight is 414 g/mol. The lowest BCUT2D eigenvalue weighted by Crippen LogP contribution is -3.15. The van der Waals surface area contributed by atoms with E-state index >= 15 is 0 Å². The highest BCUT2D eigenvalue weighted by Gasteiger charge is 2.27. The maximum absolute atomic E-state index is 12.8. The van der Waals surface area contributed by atoms with E-state index in [-0.39, 0.29) is 17.7 Å². The van der Waals surface area contributed by atoms with Crippen LogP contribution in [0, 0.1) is 0 Å². The number of hydrogen-bond donors (Lipinski definition) is 2. The summed E-state index contributed by atoms with van der Waals surface area (Å²) in [6.07, 6.45) is 0.915. The molecule has 1 unspecified atom stereocenters. The SMILES string of the molecule is CCC[NH+](Cc1nnc(-c2cccs2)o1)[C@H](C)C(=O)Nc1cccc(C(C)=O)c1. The van der Waals surface area contributed by atoms with Gasteiger partial charge in [0, 0.05) is 11.3 Å². The normalized spacial score (nSPS) is 13.1. The van der Waals surface area contributed by atoms with Crippen molar-refractivity contribution in [3.63, 3.8) is 0 Å². The first kappa shape index (κ1) is 20.9. The predicted molar refractivity (Wildman–Crippen MR) is 112 cm³/mol. The smallest absolute Gasteiger partial charge is 0.282 e. The van der Waals surface area contributed by atoms with Gasteiger partial charge in [0.2, 0.25) is 0 Å². The molecule has 0 bridgehead atoms. The Morgan fingerprint density at radius 3 is 2.76 bits per heavy atom. The summed E-state index contributed by atoms with van der Waals surface area (Å²) < 4.78 is 5.79. The van der Waals surface area contributed by atoms with Crippen molar-refractivity contribution >= 4 is 28.7 Å². The lowest BCUT2D eigenvalue weighted by Gasteiger charge is -2.23. The van der Waals surface area contributed by atoms with Crippen LogP contribution in [0.2, 0.25) is 0 Å². The van der Waals surface area contributed by atoms with E-state index in [1.807, 2.05) is 24.4 Å². The molecule has 0 aliphatic rings. The number of anilines is 1. The summed E-state index contributed by atoms with van der Waals surface area (Å²) in [5, 5.41) is 13.1. The molecule has 8 heteroatoms. The van der Waals surface area contributed by atoms with Crippen LogP contribution in [0.1, 0.15) is 43.4 Å². The molecule has 1 amide bonds. The summed E-state index contributed by atoms with van der Waals surface area (Å²) >= 11 is 1.54. The molecule has 0 spiro atoms. The minimum absolute atomic E-state index is 0.0367. The first-order valence-corrected chi connectivity index (χ1v) is 10.5. The van der Waals surface area contributed by atoms with Crippen LogP contribution in [0.5, 0.6) is 0 Å². The largest absolute Gasteiger partial charge is 0.414 e. The molecule has 0 saturated heterocycles. The molecule has 2 atom stereocenters. The first-order chi connectivity index (χ1) is 14.0. The van der Waals surface area contributed by atoms with Gasteiger partial charge in [-0.2, -0.15) is 0 Å². The van der Waals surface area contributed by atoms with E-state index in [1.165, 1.54) is 6.92 Å². The summed E-state index contributed by atoms with van der Waals surface area (Å²) in [5.41, 5.74) is 1.18. The van der Waals surface area contributed by atoms with E-state index in [2.05, 4.69) is 22.4 Å². The maximum Gasteiger partial charge on any atom is 0.282 e. The summed E-state index contributed by atoms with van der Waals surface area (Å²) in [7, 11) is 0. The summed E-state index contributed by atoms with van der Waals surface area (Å²) in [4.78, 5) is 26.3. The van der Waals surface area contributed by atoms with Crippen molar-refractivity contribution in [2.45, 2.75) is 39.8 Å². The third kappa shape index (κ3) is 5.36. The molecule has 2 heterocycles. The molecule has 7 nitrogen and oxygen atoms in total. The van der Waals surface area contributed by atoms with Crippen LogP contribution < -0.4 is 10.2 Å². The van der Waals surface area contributed by atoms with Gasteiger partial charge in [0.25, 0.3) is 17.7 Å². The molecule has 0 aliphatic heterocycles. The van der Waals surface area contributed by atoms with Crippen molar-refractivity contribution in [3.8, 4) is 10.8 Å². The first-order valence-electron chi connectivity index (χ1n) is 9.60.